The van der Waals surface area contributed by atoms with Gasteiger partial charge >= 0.3 is 6.03 Å². The monoisotopic (exact) mass is 276 g/mol. The van der Waals surface area contributed by atoms with Gasteiger partial charge in [-0.2, -0.15) is 0 Å². The minimum absolute atomic E-state index is 0.0870. The van der Waals surface area contributed by atoms with Gasteiger partial charge in [0.1, 0.15) is 0 Å². The van der Waals surface area contributed by atoms with E-state index in [0.717, 1.165) is 19.7 Å². The number of amides is 2. The van der Waals surface area contributed by atoms with Crippen LogP contribution in [-0.2, 0) is 4.74 Å². The second kappa shape index (κ2) is 6.19. The number of fused-ring (bicyclic) bond motifs is 1. The third-order valence-corrected chi connectivity index (χ3v) is 3.87. The average molecular weight is 276 g/mol. The number of aromatic nitrogens is 1. The van der Waals surface area contributed by atoms with E-state index in [0.29, 0.717) is 18.3 Å². The number of carbonyl (C=O) groups is 1. The first-order valence-corrected chi connectivity index (χ1v) is 7.12. The van der Waals surface area contributed by atoms with Crippen LogP contribution in [-0.4, -0.2) is 54.3 Å². The number of rotatable bonds is 3. The molecule has 108 valence electrons. The van der Waals surface area contributed by atoms with Crippen LogP contribution in [0.15, 0.2) is 24.5 Å². The molecule has 1 aromatic rings. The molecule has 2 aliphatic rings. The number of pyridine rings is 1. The van der Waals surface area contributed by atoms with Crippen LogP contribution in [0.25, 0.3) is 0 Å². The van der Waals surface area contributed by atoms with Crippen LogP contribution < -0.4 is 10.6 Å². The van der Waals surface area contributed by atoms with Crippen molar-refractivity contribution in [2.75, 3.05) is 31.6 Å². The quantitative estimate of drug-likeness (QED) is 0.866. The topological polar surface area (TPSA) is 66.5 Å². The Bertz CT molecular complexity index is 454. The van der Waals surface area contributed by atoms with Gasteiger partial charge < -0.3 is 15.4 Å². The maximum absolute atomic E-state index is 11.8. The van der Waals surface area contributed by atoms with E-state index in [1.54, 1.807) is 24.5 Å². The van der Waals surface area contributed by atoms with E-state index >= 15 is 0 Å². The molecule has 3 rings (SSSR count). The van der Waals surface area contributed by atoms with Crippen molar-refractivity contribution >= 4 is 11.7 Å². The largest absolute Gasteiger partial charge is 0.373 e. The van der Waals surface area contributed by atoms with E-state index in [4.69, 9.17) is 4.74 Å². The zero-order valence-corrected chi connectivity index (χ0v) is 11.4. The number of carbonyl (C=O) groups excluding carboxylic acids is 1. The molecule has 1 aromatic heterocycles. The summed E-state index contributed by atoms with van der Waals surface area (Å²) >= 11 is 0. The Balaban J connectivity index is 1.42. The van der Waals surface area contributed by atoms with Crippen molar-refractivity contribution in [3.63, 3.8) is 0 Å². The van der Waals surface area contributed by atoms with Gasteiger partial charge in [-0.05, 0) is 31.5 Å². The molecule has 2 amide bonds. The molecular formula is C14H20N4O2. The second-order valence-electron chi connectivity index (χ2n) is 5.32. The van der Waals surface area contributed by atoms with Gasteiger partial charge in [-0.15, -0.1) is 0 Å². The maximum Gasteiger partial charge on any atom is 0.319 e. The van der Waals surface area contributed by atoms with E-state index in [1.165, 1.54) is 12.8 Å². The van der Waals surface area contributed by atoms with Crippen molar-refractivity contribution in [1.29, 1.82) is 0 Å². The minimum atomic E-state index is -0.217. The molecule has 20 heavy (non-hydrogen) atoms. The number of nitrogens with zero attached hydrogens (tertiary/aromatic N) is 2. The van der Waals surface area contributed by atoms with Gasteiger partial charge in [-0.3, -0.25) is 9.88 Å². The first kappa shape index (κ1) is 13.3. The predicted octanol–water partition coefficient (Wildman–Crippen LogP) is 1.07. The smallest absolute Gasteiger partial charge is 0.319 e. The Labute approximate surface area is 118 Å². The lowest BCUT2D eigenvalue weighted by Gasteiger charge is -2.35. The lowest BCUT2D eigenvalue weighted by atomic mass is 10.2. The summed E-state index contributed by atoms with van der Waals surface area (Å²) in [6, 6.07) is 3.96. The fraction of sp³-hybridized carbons (Fsp3) is 0.571. The molecule has 6 nitrogen and oxygen atoms in total. The number of hydrogen-bond acceptors (Lipinski definition) is 4. The fourth-order valence-electron chi connectivity index (χ4n) is 2.83. The van der Waals surface area contributed by atoms with Crippen molar-refractivity contribution < 1.29 is 9.53 Å². The Morgan fingerprint density at radius 1 is 1.55 bits per heavy atom. The van der Waals surface area contributed by atoms with Crippen molar-refractivity contribution in [2.24, 2.45) is 0 Å². The minimum Gasteiger partial charge on any atom is -0.373 e. The van der Waals surface area contributed by atoms with Crippen molar-refractivity contribution in [3.05, 3.63) is 24.5 Å². The summed E-state index contributed by atoms with van der Waals surface area (Å²) < 4.78 is 5.80. The molecule has 0 saturated carbocycles. The van der Waals surface area contributed by atoms with E-state index in [-0.39, 0.29) is 12.1 Å². The standard InChI is InChI=1S/C14H20N4O2/c19-14(17-11-3-1-5-15-7-11)16-8-13-9-18-6-2-4-12(18)10-20-13/h1,3,5,7,12-13H,2,4,6,8-10H2,(H2,16,17,19)/t12-,13-/m0/s1. The first-order valence-electron chi connectivity index (χ1n) is 7.12. The lowest BCUT2D eigenvalue weighted by molar-refractivity contribution is -0.0456. The van der Waals surface area contributed by atoms with Crippen molar-refractivity contribution in [3.8, 4) is 0 Å². The number of ether oxygens (including phenoxy) is 1. The highest BCUT2D eigenvalue weighted by molar-refractivity contribution is 5.88. The van der Waals surface area contributed by atoms with Crippen LogP contribution >= 0.6 is 0 Å². The summed E-state index contributed by atoms with van der Waals surface area (Å²) in [7, 11) is 0. The Kier molecular flexibility index (Phi) is 4.13. The molecule has 2 saturated heterocycles. The average Bonchev–Trinajstić information content (AvgIpc) is 2.93. The van der Waals surface area contributed by atoms with Crippen LogP contribution in [0, 0.1) is 0 Å². The Morgan fingerprint density at radius 2 is 2.50 bits per heavy atom. The molecular weight excluding hydrogens is 256 g/mol. The first-order chi connectivity index (χ1) is 9.81. The van der Waals surface area contributed by atoms with Crippen LogP contribution in [0.3, 0.4) is 0 Å². The third kappa shape index (κ3) is 3.26. The molecule has 0 radical (unpaired) electrons. The van der Waals surface area contributed by atoms with E-state index < -0.39 is 0 Å². The van der Waals surface area contributed by atoms with E-state index in [9.17, 15) is 4.79 Å². The molecule has 2 N–H and O–H groups in total. The van der Waals surface area contributed by atoms with Crippen LogP contribution in [0.5, 0.6) is 0 Å². The Hall–Kier alpha value is -1.66. The molecule has 0 aromatic carbocycles. The zero-order chi connectivity index (χ0) is 13.8. The summed E-state index contributed by atoms with van der Waals surface area (Å²) in [6.45, 7) is 3.40. The molecule has 2 atom stereocenters. The van der Waals surface area contributed by atoms with Crippen LogP contribution in [0.2, 0.25) is 0 Å². The summed E-state index contributed by atoms with van der Waals surface area (Å²) in [4.78, 5) is 18.2. The van der Waals surface area contributed by atoms with Crippen LogP contribution in [0.4, 0.5) is 10.5 Å². The van der Waals surface area contributed by atoms with Crippen molar-refractivity contribution in [2.45, 2.75) is 25.0 Å². The van der Waals surface area contributed by atoms with E-state index in [1.807, 2.05) is 0 Å². The SMILES string of the molecule is O=C(NC[C@H]1CN2CCC[C@H]2CO1)Nc1cccnc1. The molecule has 2 fully saturated rings. The number of morpholine rings is 1. The van der Waals surface area contributed by atoms with Gasteiger partial charge in [0.15, 0.2) is 0 Å². The number of nitrogens with one attached hydrogen (secondary N) is 2. The molecule has 0 spiro atoms. The second-order valence-corrected chi connectivity index (χ2v) is 5.32. The van der Waals surface area contributed by atoms with Gasteiger partial charge in [0, 0.05) is 25.3 Å². The molecule has 3 heterocycles. The van der Waals surface area contributed by atoms with Gasteiger partial charge in [0.25, 0.3) is 0 Å². The van der Waals surface area contributed by atoms with E-state index in [2.05, 4.69) is 20.5 Å². The summed E-state index contributed by atoms with van der Waals surface area (Å²) in [6.07, 6.45) is 5.87. The maximum atomic E-state index is 11.8. The highest BCUT2D eigenvalue weighted by Crippen LogP contribution is 2.22. The molecule has 6 heteroatoms. The number of hydrogen-bond donors (Lipinski definition) is 2. The lowest BCUT2D eigenvalue weighted by Crippen LogP contribution is -2.50. The summed E-state index contributed by atoms with van der Waals surface area (Å²) in [5, 5.41) is 5.60. The fourth-order valence-corrected chi connectivity index (χ4v) is 2.83. The van der Waals surface area contributed by atoms with Gasteiger partial charge in [-0.1, -0.05) is 0 Å². The highest BCUT2D eigenvalue weighted by Gasteiger charge is 2.32. The summed E-state index contributed by atoms with van der Waals surface area (Å²) in [5.74, 6) is 0. The van der Waals surface area contributed by atoms with Crippen molar-refractivity contribution in [1.82, 2.24) is 15.2 Å². The van der Waals surface area contributed by atoms with Gasteiger partial charge in [-0.25, -0.2) is 4.79 Å². The molecule has 0 unspecified atom stereocenters. The normalized spacial score (nSPS) is 26.0. The highest BCUT2D eigenvalue weighted by atomic mass is 16.5. The summed E-state index contributed by atoms with van der Waals surface area (Å²) in [5.41, 5.74) is 0.689. The zero-order valence-electron chi connectivity index (χ0n) is 11.4. The molecule has 0 bridgehead atoms. The third-order valence-electron chi connectivity index (χ3n) is 3.87. The number of urea groups is 1. The molecule has 0 aliphatic carbocycles. The number of anilines is 1. The molecule has 2 aliphatic heterocycles. The van der Waals surface area contributed by atoms with Crippen LogP contribution in [0.1, 0.15) is 12.8 Å². The van der Waals surface area contributed by atoms with Gasteiger partial charge in [0.05, 0.1) is 24.6 Å². The van der Waals surface area contributed by atoms with Gasteiger partial charge in [0.2, 0.25) is 0 Å². The Morgan fingerprint density at radius 3 is 3.35 bits per heavy atom. The predicted molar refractivity (Wildman–Crippen MR) is 75.6 cm³/mol.